The number of nitrogens with zero attached hydrogens (tertiary/aromatic N) is 3. The molecule has 1 aromatic heterocycles. The first-order valence-corrected chi connectivity index (χ1v) is 8.59. The highest BCUT2D eigenvalue weighted by Crippen LogP contribution is 2.16. The molecule has 0 fully saturated rings. The summed E-state index contributed by atoms with van der Waals surface area (Å²) in [5.74, 6) is 0.162. The van der Waals surface area contributed by atoms with Crippen molar-refractivity contribution < 1.29 is 4.79 Å². The van der Waals surface area contributed by atoms with Gasteiger partial charge in [-0.1, -0.05) is 30.3 Å². The van der Waals surface area contributed by atoms with Gasteiger partial charge in [-0.05, 0) is 35.2 Å². The number of anilines is 1. The van der Waals surface area contributed by atoms with E-state index in [1.165, 1.54) is 10.9 Å². The number of rotatable bonds is 6. The van der Waals surface area contributed by atoms with Crippen LogP contribution in [0.5, 0.6) is 0 Å². The van der Waals surface area contributed by atoms with Gasteiger partial charge < -0.3 is 14.4 Å². The van der Waals surface area contributed by atoms with E-state index in [-0.39, 0.29) is 5.91 Å². The van der Waals surface area contributed by atoms with Gasteiger partial charge in [0.2, 0.25) is 5.91 Å². The van der Waals surface area contributed by atoms with Gasteiger partial charge in [0.15, 0.2) is 0 Å². The Morgan fingerprint density at radius 2 is 1.68 bits per heavy atom. The Bertz CT molecular complexity index is 849. The van der Waals surface area contributed by atoms with Crippen molar-refractivity contribution in [2.75, 3.05) is 26.0 Å². The van der Waals surface area contributed by atoms with Gasteiger partial charge >= 0.3 is 0 Å². The lowest BCUT2D eigenvalue weighted by molar-refractivity contribution is -0.130. The van der Waals surface area contributed by atoms with Gasteiger partial charge in [0.05, 0.1) is 0 Å². The second-order valence-corrected chi connectivity index (χ2v) is 6.63. The first kappa shape index (κ1) is 17.1. The van der Waals surface area contributed by atoms with Crippen LogP contribution in [0.3, 0.4) is 0 Å². The van der Waals surface area contributed by atoms with Crippen LogP contribution in [0.1, 0.15) is 12.0 Å². The number of carbonyl (C=O) groups excluding carboxylic acids is 1. The molecule has 0 aliphatic rings. The Balaban J connectivity index is 1.57. The largest absolute Gasteiger partial charge is 0.378 e. The molecule has 3 rings (SSSR count). The highest BCUT2D eigenvalue weighted by atomic mass is 16.2. The zero-order valence-corrected chi connectivity index (χ0v) is 15.1. The van der Waals surface area contributed by atoms with Crippen LogP contribution in [-0.2, 0) is 17.9 Å². The van der Waals surface area contributed by atoms with Crippen LogP contribution >= 0.6 is 0 Å². The molecular formula is C21H25N3O. The Morgan fingerprint density at radius 1 is 0.960 bits per heavy atom. The lowest BCUT2D eigenvalue weighted by atomic mass is 10.2. The van der Waals surface area contributed by atoms with E-state index in [1.54, 1.807) is 4.90 Å². The summed E-state index contributed by atoms with van der Waals surface area (Å²) in [5.41, 5.74) is 3.49. The molecule has 4 heteroatoms. The number of para-hydroxylation sites is 1. The Kier molecular flexibility index (Phi) is 5.08. The number of hydrogen-bond donors (Lipinski definition) is 0. The van der Waals surface area contributed by atoms with E-state index < -0.39 is 0 Å². The number of amides is 1. The highest BCUT2D eigenvalue weighted by Gasteiger charge is 2.10. The average Bonchev–Trinajstić information content (AvgIpc) is 3.03. The Hall–Kier alpha value is -2.75. The van der Waals surface area contributed by atoms with Crippen LogP contribution in [0.2, 0.25) is 0 Å². The molecule has 0 unspecified atom stereocenters. The van der Waals surface area contributed by atoms with Crippen LogP contribution in [0.15, 0.2) is 60.8 Å². The minimum absolute atomic E-state index is 0.162. The molecule has 130 valence electrons. The number of hydrogen-bond acceptors (Lipinski definition) is 2. The molecule has 3 aromatic rings. The number of fused-ring (bicyclic) bond motifs is 1. The maximum absolute atomic E-state index is 12.5. The van der Waals surface area contributed by atoms with Crippen LogP contribution in [-0.4, -0.2) is 36.5 Å². The summed E-state index contributed by atoms with van der Waals surface area (Å²) in [4.78, 5) is 16.3. The predicted molar refractivity (Wildman–Crippen MR) is 104 cm³/mol. The summed E-state index contributed by atoms with van der Waals surface area (Å²) in [7, 11) is 5.92. The summed E-state index contributed by atoms with van der Waals surface area (Å²) in [5, 5.41) is 1.21. The minimum atomic E-state index is 0.162. The van der Waals surface area contributed by atoms with Gasteiger partial charge in [0.1, 0.15) is 0 Å². The van der Waals surface area contributed by atoms with Gasteiger partial charge in [-0.25, -0.2) is 0 Å². The van der Waals surface area contributed by atoms with E-state index in [1.807, 2.05) is 33.3 Å². The van der Waals surface area contributed by atoms with Crippen LogP contribution in [0, 0.1) is 0 Å². The van der Waals surface area contributed by atoms with Gasteiger partial charge in [0.25, 0.3) is 0 Å². The first-order chi connectivity index (χ1) is 12.0. The van der Waals surface area contributed by atoms with Crippen LogP contribution < -0.4 is 4.90 Å². The number of aromatic nitrogens is 1. The maximum Gasteiger partial charge on any atom is 0.224 e. The smallest absolute Gasteiger partial charge is 0.224 e. The fraction of sp³-hybridized carbons (Fsp3) is 0.286. The van der Waals surface area contributed by atoms with Crippen molar-refractivity contribution in [1.82, 2.24) is 9.47 Å². The summed E-state index contributed by atoms with van der Waals surface area (Å²) in [6.45, 7) is 1.34. The Labute approximate surface area is 149 Å². The quantitative estimate of drug-likeness (QED) is 0.686. The minimum Gasteiger partial charge on any atom is -0.378 e. The molecule has 0 spiro atoms. The van der Waals surface area contributed by atoms with Crippen molar-refractivity contribution in [3.8, 4) is 0 Å². The lowest BCUT2D eigenvalue weighted by Crippen LogP contribution is -2.27. The van der Waals surface area contributed by atoms with Crippen molar-refractivity contribution in [3.63, 3.8) is 0 Å². The molecule has 0 saturated heterocycles. The van der Waals surface area contributed by atoms with E-state index >= 15 is 0 Å². The molecule has 25 heavy (non-hydrogen) atoms. The molecule has 0 saturated carbocycles. The Morgan fingerprint density at radius 3 is 2.40 bits per heavy atom. The molecule has 0 bridgehead atoms. The number of aryl methyl sites for hydroxylation is 1. The fourth-order valence-corrected chi connectivity index (χ4v) is 3.00. The molecule has 0 N–H and O–H groups in total. The first-order valence-electron chi connectivity index (χ1n) is 8.59. The zero-order chi connectivity index (χ0) is 17.8. The second kappa shape index (κ2) is 7.43. The molecule has 1 heterocycles. The van der Waals surface area contributed by atoms with Gasteiger partial charge in [0, 0.05) is 58.1 Å². The third-order valence-corrected chi connectivity index (χ3v) is 4.55. The van der Waals surface area contributed by atoms with E-state index in [0.29, 0.717) is 19.5 Å². The summed E-state index contributed by atoms with van der Waals surface area (Å²) in [6.07, 6.45) is 2.56. The number of benzene rings is 2. The van der Waals surface area contributed by atoms with Gasteiger partial charge in [-0.2, -0.15) is 0 Å². The third-order valence-electron chi connectivity index (χ3n) is 4.55. The normalized spacial score (nSPS) is 10.8. The molecule has 0 atom stereocenters. The second-order valence-electron chi connectivity index (χ2n) is 6.63. The molecule has 1 amide bonds. The van der Waals surface area contributed by atoms with Crippen molar-refractivity contribution in [2.24, 2.45) is 0 Å². The van der Waals surface area contributed by atoms with E-state index in [0.717, 1.165) is 11.3 Å². The summed E-state index contributed by atoms with van der Waals surface area (Å²) >= 11 is 0. The highest BCUT2D eigenvalue weighted by molar-refractivity contribution is 5.80. The fourth-order valence-electron chi connectivity index (χ4n) is 3.00. The van der Waals surface area contributed by atoms with E-state index in [9.17, 15) is 4.79 Å². The topological polar surface area (TPSA) is 28.5 Å². The summed E-state index contributed by atoms with van der Waals surface area (Å²) < 4.78 is 2.15. The molecule has 2 aromatic carbocycles. The molecule has 0 aliphatic heterocycles. The van der Waals surface area contributed by atoms with Crippen molar-refractivity contribution in [3.05, 3.63) is 66.4 Å². The lowest BCUT2D eigenvalue weighted by Gasteiger charge is -2.19. The number of carbonyl (C=O) groups is 1. The van der Waals surface area contributed by atoms with Crippen LogP contribution in [0.25, 0.3) is 10.9 Å². The van der Waals surface area contributed by atoms with Crippen molar-refractivity contribution >= 4 is 22.5 Å². The zero-order valence-electron chi connectivity index (χ0n) is 15.1. The molecular weight excluding hydrogens is 310 g/mol. The van der Waals surface area contributed by atoms with Crippen LogP contribution in [0.4, 0.5) is 5.69 Å². The molecule has 0 radical (unpaired) electrons. The van der Waals surface area contributed by atoms with Gasteiger partial charge in [-0.3, -0.25) is 4.79 Å². The third kappa shape index (κ3) is 4.02. The maximum atomic E-state index is 12.5. The van der Waals surface area contributed by atoms with Crippen molar-refractivity contribution in [1.29, 1.82) is 0 Å². The van der Waals surface area contributed by atoms with Gasteiger partial charge in [-0.15, -0.1) is 0 Å². The molecule has 4 nitrogen and oxygen atoms in total. The average molecular weight is 335 g/mol. The predicted octanol–water partition coefficient (Wildman–Crippen LogP) is 3.76. The summed E-state index contributed by atoms with van der Waals surface area (Å²) in [6, 6.07) is 18.7. The molecule has 0 aliphatic carbocycles. The standard InChI is InChI=1S/C21H25N3O/c1-22(2)19-10-8-17(9-11-19)16-23(3)21(25)13-15-24-14-12-18-6-4-5-7-20(18)24/h4-12,14H,13,15-16H2,1-3H3. The van der Waals surface area contributed by atoms with Crippen molar-refractivity contribution in [2.45, 2.75) is 19.5 Å². The monoisotopic (exact) mass is 335 g/mol. The van der Waals surface area contributed by atoms with E-state index in [2.05, 4.69) is 58.1 Å². The SMILES string of the molecule is CN(Cc1ccc(N(C)C)cc1)C(=O)CCn1ccc2ccccc21. The van der Waals surface area contributed by atoms with E-state index in [4.69, 9.17) is 0 Å².